The SMILES string of the molecule is CCOC(=O)C1=C(N)N(c2cccc(C)c2C)C2=C(C(=O)CCC2)C12C(=O)N(C)c1ccccc12. The molecule has 1 amide bonds. The number of hydrogen-bond donors (Lipinski definition) is 1. The first-order valence-electron chi connectivity index (χ1n) is 11.9. The molecule has 3 aliphatic rings. The number of amides is 1. The number of esters is 1. The maximum Gasteiger partial charge on any atom is 0.339 e. The van der Waals surface area contributed by atoms with E-state index < -0.39 is 11.4 Å². The third-order valence-electron chi connectivity index (χ3n) is 7.49. The third-order valence-corrected chi connectivity index (χ3v) is 7.49. The highest BCUT2D eigenvalue weighted by atomic mass is 16.5. The van der Waals surface area contributed by atoms with Crippen molar-refractivity contribution in [1.29, 1.82) is 0 Å². The molecule has 0 aromatic heterocycles. The van der Waals surface area contributed by atoms with E-state index in [0.717, 1.165) is 16.8 Å². The Morgan fingerprint density at radius 3 is 2.51 bits per heavy atom. The number of para-hydroxylation sites is 1. The first-order chi connectivity index (χ1) is 16.8. The molecule has 1 spiro atoms. The molecule has 1 atom stereocenters. The number of rotatable bonds is 3. The van der Waals surface area contributed by atoms with Crippen LogP contribution in [0.25, 0.3) is 0 Å². The number of anilines is 2. The molecule has 1 unspecified atom stereocenters. The summed E-state index contributed by atoms with van der Waals surface area (Å²) < 4.78 is 5.48. The zero-order valence-electron chi connectivity index (χ0n) is 20.5. The van der Waals surface area contributed by atoms with Crippen molar-refractivity contribution in [2.45, 2.75) is 45.4 Å². The molecule has 2 aromatic rings. The van der Waals surface area contributed by atoms with Gasteiger partial charge in [-0.25, -0.2) is 4.79 Å². The molecule has 0 fully saturated rings. The molecule has 2 heterocycles. The quantitative estimate of drug-likeness (QED) is 0.685. The Morgan fingerprint density at radius 1 is 1.06 bits per heavy atom. The minimum atomic E-state index is -1.64. The van der Waals surface area contributed by atoms with Crippen LogP contribution in [0.2, 0.25) is 0 Å². The third kappa shape index (κ3) is 2.93. The number of ether oxygens (including phenoxy) is 1. The van der Waals surface area contributed by atoms with Gasteiger partial charge in [0, 0.05) is 36.0 Å². The van der Waals surface area contributed by atoms with Crippen LogP contribution in [0.15, 0.2) is 65.1 Å². The second-order valence-corrected chi connectivity index (χ2v) is 9.26. The number of Topliss-reactive ketones (excluding diaryl/α,β-unsaturated/α-hetero) is 1. The number of carbonyl (C=O) groups is 3. The molecule has 0 saturated heterocycles. The summed E-state index contributed by atoms with van der Waals surface area (Å²) in [5, 5.41) is 0. The van der Waals surface area contributed by atoms with Gasteiger partial charge in [0.25, 0.3) is 0 Å². The lowest BCUT2D eigenvalue weighted by Gasteiger charge is -2.45. The summed E-state index contributed by atoms with van der Waals surface area (Å²) in [4.78, 5) is 44.9. The topological polar surface area (TPSA) is 92.9 Å². The zero-order chi connectivity index (χ0) is 25.1. The summed E-state index contributed by atoms with van der Waals surface area (Å²) in [6, 6.07) is 13.1. The van der Waals surface area contributed by atoms with Gasteiger partial charge in [0.05, 0.1) is 12.3 Å². The van der Waals surface area contributed by atoms with Gasteiger partial charge in [-0.2, -0.15) is 0 Å². The summed E-state index contributed by atoms with van der Waals surface area (Å²) >= 11 is 0. The Balaban J connectivity index is 1.94. The van der Waals surface area contributed by atoms with Crippen molar-refractivity contribution < 1.29 is 19.1 Å². The Bertz CT molecular complexity index is 1360. The highest BCUT2D eigenvalue weighted by Gasteiger charge is 2.63. The van der Waals surface area contributed by atoms with Crippen LogP contribution in [0.1, 0.15) is 42.9 Å². The number of ketones is 1. The summed E-state index contributed by atoms with van der Waals surface area (Å²) in [6.07, 6.45) is 1.51. The maximum atomic E-state index is 14.2. The van der Waals surface area contributed by atoms with Crippen LogP contribution >= 0.6 is 0 Å². The predicted octanol–water partition coefficient (Wildman–Crippen LogP) is 3.78. The van der Waals surface area contributed by atoms with Crippen molar-refractivity contribution >= 4 is 29.0 Å². The molecular formula is C28H29N3O4. The Hall–Kier alpha value is -3.87. The minimum absolute atomic E-state index is 0.0102. The fourth-order valence-electron chi connectivity index (χ4n) is 5.81. The molecule has 2 aliphatic heterocycles. The van der Waals surface area contributed by atoms with Crippen LogP contribution in [0, 0.1) is 13.8 Å². The van der Waals surface area contributed by atoms with Gasteiger partial charge in [-0.1, -0.05) is 30.3 Å². The number of carbonyl (C=O) groups excluding carboxylic acids is 3. The molecule has 180 valence electrons. The monoisotopic (exact) mass is 471 g/mol. The first-order valence-corrected chi connectivity index (χ1v) is 11.9. The van der Waals surface area contributed by atoms with E-state index in [-0.39, 0.29) is 29.7 Å². The number of allylic oxidation sites excluding steroid dienone is 1. The van der Waals surface area contributed by atoms with Gasteiger partial charge in [-0.05, 0) is 56.9 Å². The summed E-state index contributed by atoms with van der Waals surface area (Å²) in [5.74, 6) is -1.07. The molecule has 7 heteroatoms. The van der Waals surface area contributed by atoms with Crippen molar-refractivity contribution in [1.82, 2.24) is 0 Å². The highest BCUT2D eigenvalue weighted by molar-refractivity contribution is 6.24. The van der Waals surface area contributed by atoms with Crippen molar-refractivity contribution in [2.75, 3.05) is 23.5 Å². The second kappa shape index (κ2) is 8.12. The average molecular weight is 472 g/mol. The summed E-state index contributed by atoms with van der Waals surface area (Å²) in [7, 11) is 1.67. The lowest BCUT2D eigenvalue weighted by atomic mass is 9.63. The van der Waals surface area contributed by atoms with Crippen molar-refractivity contribution in [3.8, 4) is 0 Å². The molecule has 7 nitrogen and oxygen atoms in total. The highest BCUT2D eigenvalue weighted by Crippen LogP contribution is 2.57. The predicted molar refractivity (Wildman–Crippen MR) is 134 cm³/mol. The van der Waals surface area contributed by atoms with Gasteiger partial charge >= 0.3 is 5.97 Å². The van der Waals surface area contributed by atoms with E-state index in [1.807, 2.05) is 56.3 Å². The van der Waals surface area contributed by atoms with Crippen LogP contribution < -0.4 is 15.5 Å². The van der Waals surface area contributed by atoms with E-state index in [0.29, 0.717) is 41.8 Å². The molecule has 1 aliphatic carbocycles. The fourth-order valence-corrected chi connectivity index (χ4v) is 5.81. The van der Waals surface area contributed by atoms with Gasteiger partial charge in [0.15, 0.2) is 5.78 Å². The van der Waals surface area contributed by atoms with Crippen molar-refractivity contribution in [2.24, 2.45) is 5.73 Å². The number of fused-ring (bicyclic) bond motifs is 3. The standard InChI is InChI=1S/C28H29N3O4/c1-5-35-26(33)24-25(29)31(19-13-8-10-16(2)17(19)3)21-14-9-15-22(32)23(21)28(24)18-11-6-7-12-20(18)30(4)27(28)34/h6-8,10-13H,5,9,14-15,29H2,1-4H3. The smallest absolute Gasteiger partial charge is 0.339 e. The summed E-state index contributed by atoms with van der Waals surface area (Å²) in [6.45, 7) is 5.81. The van der Waals surface area contributed by atoms with E-state index in [1.165, 1.54) is 4.90 Å². The fraction of sp³-hybridized carbons (Fsp3) is 0.321. The van der Waals surface area contributed by atoms with E-state index in [2.05, 4.69) is 0 Å². The van der Waals surface area contributed by atoms with Crippen LogP contribution in [0.5, 0.6) is 0 Å². The van der Waals surface area contributed by atoms with Crippen LogP contribution in [0.3, 0.4) is 0 Å². The van der Waals surface area contributed by atoms with Crippen LogP contribution in [0.4, 0.5) is 11.4 Å². The Labute approximate surface area is 204 Å². The Kier molecular flexibility index (Phi) is 5.31. The number of hydrogen-bond acceptors (Lipinski definition) is 6. The molecule has 0 bridgehead atoms. The van der Waals surface area contributed by atoms with E-state index in [9.17, 15) is 14.4 Å². The summed E-state index contributed by atoms with van der Waals surface area (Å²) in [5.41, 5.74) is 10.3. The van der Waals surface area contributed by atoms with Crippen molar-refractivity contribution in [3.63, 3.8) is 0 Å². The van der Waals surface area contributed by atoms with Crippen LogP contribution in [-0.4, -0.2) is 31.3 Å². The average Bonchev–Trinajstić information content (AvgIpc) is 3.05. The molecule has 2 N–H and O–H groups in total. The van der Waals surface area contributed by atoms with E-state index in [4.69, 9.17) is 10.5 Å². The van der Waals surface area contributed by atoms with Gasteiger partial charge in [0.2, 0.25) is 5.91 Å². The number of benzene rings is 2. The first kappa shape index (κ1) is 22.9. The molecule has 2 aromatic carbocycles. The Morgan fingerprint density at radius 2 is 1.77 bits per heavy atom. The molecular weight excluding hydrogens is 442 g/mol. The van der Waals surface area contributed by atoms with Gasteiger partial charge in [0.1, 0.15) is 16.8 Å². The number of aryl methyl sites for hydroxylation is 1. The van der Waals surface area contributed by atoms with Crippen LogP contribution in [-0.2, 0) is 24.5 Å². The number of likely N-dealkylation sites (N-methyl/N-ethyl adjacent to an activating group) is 1. The minimum Gasteiger partial charge on any atom is -0.462 e. The maximum absolute atomic E-state index is 14.2. The van der Waals surface area contributed by atoms with Gasteiger partial charge in [-0.3, -0.25) is 14.5 Å². The molecule has 0 saturated carbocycles. The molecule has 5 rings (SSSR count). The number of nitrogens with two attached hydrogens (primary N) is 1. The van der Waals surface area contributed by atoms with E-state index in [1.54, 1.807) is 18.9 Å². The van der Waals surface area contributed by atoms with Crippen molar-refractivity contribution in [3.05, 3.63) is 81.8 Å². The largest absolute Gasteiger partial charge is 0.462 e. The lowest BCUT2D eigenvalue weighted by Crippen LogP contribution is -2.54. The molecule has 0 radical (unpaired) electrons. The van der Waals surface area contributed by atoms with Gasteiger partial charge in [-0.15, -0.1) is 0 Å². The van der Waals surface area contributed by atoms with E-state index >= 15 is 0 Å². The zero-order valence-corrected chi connectivity index (χ0v) is 20.5. The number of nitrogens with zero attached hydrogens (tertiary/aromatic N) is 2. The second-order valence-electron chi connectivity index (χ2n) is 9.26. The van der Waals surface area contributed by atoms with Gasteiger partial charge < -0.3 is 15.4 Å². The normalized spacial score (nSPS) is 21.6. The lowest BCUT2D eigenvalue weighted by molar-refractivity contribution is -0.140. The molecule has 35 heavy (non-hydrogen) atoms.